The van der Waals surface area contributed by atoms with Gasteiger partial charge in [-0.15, -0.1) is 0 Å². The SMILES string of the molecule is O=C(O)CN(C(=O)C1=NN(c2ccccc2)C(=O)CC1)C1CC1. The Kier molecular flexibility index (Phi) is 4.10. The van der Waals surface area contributed by atoms with Crippen LogP contribution in [-0.2, 0) is 14.4 Å². The van der Waals surface area contributed by atoms with Crippen molar-refractivity contribution < 1.29 is 19.5 Å². The highest BCUT2D eigenvalue weighted by atomic mass is 16.4. The topological polar surface area (TPSA) is 90.3 Å². The van der Waals surface area contributed by atoms with Crippen LogP contribution in [0.2, 0.25) is 0 Å². The lowest BCUT2D eigenvalue weighted by Gasteiger charge is -2.26. The van der Waals surface area contributed by atoms with Gasteiger partial charge in [-0.3, -0.25) is 14.4 Å². The summed E-state index contributed by atoms with van der Waals surface area (Å²) in [7, 11) is 0. The molecule has 1 aromatic rings. The molecule has 1 saturated carbocycles. The number of carbonyl (C=O) groups is 3. The minimum absolute atomic E-state index is 0.0240. The molecule has 1 N–H and O–H groups in total. The van der Waals surface area contributed by atoms with E-state index < -0.39 is 5.97 Å². The smallest absolute Gasteiger partial charge is 0.323 e. The monoisotopic (exact) mass is 315 g/mol. The minimum Gasteiger partial charge on any atom is -0.480 e. The highest BCUT2D eigenvalue weighted by Crippen LogP contribution is 2.28. The number of benzene rings is 1. The van der Waals surface area contributed by atoms with Gasteiger partial charge < -0.3 is 10.0 Å². The first kappa shape index (κ1) is 15.2. The lowest BCUT2D eigenvalue weighted by atomic mass is 10.1. The standard InChI is InChI=1S/C16H17N3O4/c20-14-9-8-13(17-19(14)12-4-2-1-3-5-12)16(23)18(10-15(21)22)11-6-7-11/h1-5,11H,6-10H2,(H,21,22). The third kappa shape index (κ3) is 3.39. The predicted octanol–water partition coefficient (Wildman–Crippen LogP) is 1.24. The number of para-hydroxylation sites is 1. The molecule has 2 amide bonds. The zero-order valence-corrected chi connectivity index (χ0v) is 12.5. The summed E-state index contributed by atoms with van der Waals surface area (Å²) in [6, 6.07) is 8.86. The lowest BCUT2D eigenvalue weighted by Crippen LogP contribution is -2.44. The van der Waals surface area contributed by atoms with E-state index in [2.05, 4.69) is 5.10 Å². The quantitative estimate of drug-likeness (QED) is 0.885. The highest BCUT2D eigenvalue weighted by molar-refractivity contribution is 6.40. The fraction of sp³-hybridized carbons (Fsp3) is 0.375. The number of anilines is 1. The summed E-state index contributed by atoms with van der Waals surface area (Å²) in [5, 5.41) is 14.4. The molecule has 1 aromatic carbocycles. The number of aliphatic carboxylic acids is 1. The summed E-state index contributed by atoms with van der Waals surface area (Å²) in [5.41, 5.74) is 0.834. The number of hydrogen-bond acceptors (Lipinski definition) is 4. The second-order valence-corrected chi connectivity index (χ2v) is 5.65. The van der Waals surface area contributed by atoms with Crippen molar-refractivity contribution in [3.05, 3.63) is 30.3 Å². The summed E-state index contributed by atoms with van der Waals surface area (Å²) in [4.78, 5) is 37.0. The molecule has 2 aliphatic rings. The van der Waals surface area contributed by atoms with Gasteiger partial charge in [0.15, 0.2) is 0 Å². The Morgan fingerprint density at radius 2 is 1.91 bits per heavy atom. The molecule has 0 atom stereocenters. The van der Waals surface area contributed by atoms with E-state index in [1.165, 1.54) is 9.91 Å². The van der Waals surface area contributed by atoms with Gasteiger partial charge in [-0.05, 0) is 25.0 Å². The van der Waals surface area contributed by atoms with Crippen molar-refractivity contribution in [2.45, 2.75) is 31.7 Å². The van der Waals surface area contributed by atoms with Crippen LogP contribution in [0.3, 0.4) is 0 Å². The number of nitrogens with zero attached hydrogens (tertiary/aromatic N) is 3. The number of carboxylic acids is 1. The van der Waals surface area contributed by atoms with Crippen LogP contribution in [0.4, 0.5) is 5.69 Å². The average Bonchev–Trinajstić information content (AvgIpc) is 3.38. The Hall–Kier alpha value is -2.70. The number of hydrazone groups is 1. The van der Waals surface area contributed by atoms with Crippen LogP contribution in [0.5, 0.6) is 0 Å². The molecule has 1 heterocycles. The van der Waals surface area contributed by atoms with Crippen molar-refractivity contribution in [1.82, 2.24) is 4.90 Å². The molecule has 1 fully saturated rings. The molecule has 7 heteroatoms. The molecule has 0 radical (unpaired) electrons. The number of carbonyl (C=O) groups excluding carboxylic acids is 2. The Morgan fingerprint density at radius 1 is 1.22 bits per heavy atom. The molecular weight excluding hydrogens is 298 g/mol. The first-order valence-electron chi connectivity index (χ1n) is 7.54. The van der Waals surface area contributed by atoms with Gasteiger partial charge in [-0.25, -0.2) is 5.01 Å². The van der Waals surface area contributed by atoms with Crippen molar-refractivity contribution in [1.29, 1.82) is 0 Å². The molecule has 1 aliphatic heterocycles. The van der Waals surface area contributed by atoms with Gasteiger partial charge in [0.05, 0.1) is 5.69 Å². The van der Waals surface area contributed by atoms with Crippen molar-refractivity contribution in [2.75, 3.05) is 11.6 Å². The highest BCUT2D eigenvalue weighted by Gasteiger charge is 2.37. The van der Waals surface area contributed by atoms with Crippen molar-refractivity contribution >= 4 is 29.2 Å². The molecule has 0 aromatic heterocycles. The minimum atomic E-state index is -1.04. The van der Waals surface area contributed by atoms with E-state index in [1.54, 1.807) is 24.3 Å². The number of rotatable bonds is 5. The van der Waals surface area contributed by atoms with Gasteiger partial charge in [0, 0.05) is 18.9 Å². The summed E-state index contributed by atoms with van der Waals surface area (Å²) < 4.78 is 0. The molecule has 1 aliphatic carbocycles. The normalized spacial score (nSPS) is 17.7. The van der Waals surface area contributed by atoms with Gasteiger partial charge in [-0.1, -0.05) is 18.2 Å². The van der Waals surface area contributed by atoms with Crippen LogP contribution < -0.4 is 5.01 Å². The first-order chi connectivity index (χ1) is 11.1. The Balaban J connectivity index is 1.84. The van der Waals surface area contributed by atoms with Gasteiger partial charge in [-0.2, -0.15) is 5.10 Å². The van der Waals surface area contributed by atoms with Crippen LogP contribution in [-0.4, -0.2) is 46.1 Å². The van der Waals surface area contributed by atoms with E-state index in [9.17, 15) is 14.4 Å². The fourth-order valence-corrected chi connectivity index (χ4v) is 2.54. The van der Waals surface area contributed by atoms with Crippen molar-refractivity contribution in [3.8, 4) is 0 Å². The molecular formula is C16H17N3O4. The van der Waals surface area contributed by atoms with Crippen LogP contribution in [0.15, 0.2) is 35.4 Å². The molecule has 23 heavy (non-hydrogen) atoms. The maximum absolute atomic E-state index is 12.6. The van der Waals surface area contributed by atoms with Crippen molar-refractivity contribution in [3.63, 3.8) is 0 Å². The number of hydrogen-bond donors (Lipinski definition) is 1. The maximum atomic E-state index is 12.6. The molecule has 0 saturated heterocycles. The van der Waals surface area contributed by atoms with Gasteiger partial charge in [0.1, 0.15) is 12.3 Å². The third-order valence-corrected chi connectivity index (χ3v) is 3.83. The van der Waals surface area contributed by atoms with Crippen LogP contribution in [0.25, 0.3) is 0 Å². The van der Waals surface area contributed by atoms with Crippen LogP contribution in [0.1, 0.15) is 25.7 Å². The second-order valence-electron chi connectivity index (χ2n) is 5.65. The fourth-order valence-electron chi connectivity index (χ4n) is 2.54. The zero-order chi connectivity index (χ0) is 16.4. The van der Waals surface area contributed by atoms with Gasteiger partial charge in [0.2, 0.25) is 5.91 Å². The Bertz CT molecular complexity index is 667. The number of carboxylic acid groups (broad SMARTS) is 1. The Labute approximate surface area is 133 Å². The zero-order valence-electron chi connectivity index (χ0n) is 12.5. The summed E-state index contributed by atoms with van der Waals surface area (Å²) in [6.45, 7) is -0.332. The van der Waals surface area contributed by atoms with E-state index >= 15 is 0 Å². The molecule has 0 spiro atoms. The molecule has 7 nitrogen and oxygen atoms in total. The van der Waals surface area contributed by atoms with E-state index in [1.807, 2.05) is 6.07 Å². The van der Waals surface area contributed by atoms with Gasteiger partial charge in [0.25, 0.3) is 5.91 Å². The van der Waals surface area contributed by atoms with Gasteiger partial charge >= 0.3 is 5.97 Å². The van der Waals surface area contributed by atoms with Crippen molar-refractivity contribution in [2.24, 2.45) is 5.10 Å². The van der Waals surface area contributed by atoms with Crippen LogP contribution >= 0.6 is 0 Å². The average molecular weight is 315 g/mol. The number of amides is 2. The second kappa shape index (κ2) is 6.20. The molecule has 3 rings (SSSR count). The van der Waals surface area contributed by atoms with E-state index in [-0.39, 0.29) is 43.0 Å². The third-order valence-electron chi connectivity index (χ3n) is 3.83. The van der Waals surface area contributed by atoms with E-state index in [0.717, 1.165) is 12.8 Å². The summed E-state index contributed by atoms with van der Waals surface area (Å²) in [5.74, 6) is -1.61. The predicted molar refractivity (Wildman–Crippen MR) is 83.0 cm³/mol. The van der Waals surface area contributed by atoms with E-state index in [0.29, 0.717) is 5.69 Å². The lowest BCUT2D eigenvalue weighted by molar-refractivity contribution is -0.142. The van der Waals surface area contributed by atoms with E-state index in [4.69, 9.17) is 5.11 Å². The maximum Gasteiger partial charge on any atom is 0.323 e. The summed E-state index contributed by atoms with van der Waals surface area (Å²) in [6.07, 6.45) is 2.05. The molecule has 0 unspecified atom stereocenters. The Morgan fingerprint density at radius 3 is 2.52 bits per heavy atom. The first-order valence-corrected chi connectivity index (χ1v) is 7.54. The largest absolute Gasteiger partial charge is 0.480 e. The summed E-state index contributed by atoms with van der Waals surface area (Å²) >= 11 is 0. The molecule has 0 bridgehead atoms. The van der Waals surface area contributed by atoms with Crippen LogP contribution in [0, 0.1) is 0 Å². The molecule has 120 valence electrons.